The third-order valence-electron chi connectivity index (χ3n) is 3.99. The lowest BCUT2D eigenvalue weighted by Gasteiger charge is -2.40. The molecule has 6 heteroatoms. The van der Waals surface area contributed by atoms with Gasteiger partial charge in [-0.05, 0) is 63.6 Å². The minimum Gasteiger partial charge on any atom is -0.375 e. The molecule has 1 aromatic rings. The lowest BCUT2D eigenvalue weighted by molar-refractivity contribution is -0.0917. The van der Waals surface area contributed by atoms with E-state index in [4.69, 9.17) is 4.74 Å². The van der Waals surface area contributed by atoms with Gasteiger partial charge in [-0.2, -0.15) is 0 Å². The number of carbonyl (C=O) groups excluding carboxylic acids is 1. The van der Waals surface area contributed by atoms with Crippen LogP contribution < -0.4 is 5.32 Å². The average Bonchev–Trinajstić information content (AvgIpc) is 2.79. The van der Waals surface area contributed by atoms with Crippen molar-refractivity contribution in [2.45, 2.75) is 51.2 Å². The number of thiophene rings is 1. The molecular weight excluding hydrogens is 406 g/mol. The van der Waals surface area contributed by atoms with E-state index >= 15 is 0 Å². The fourth-order valence-corrected chi connectivity index (χ4v) is 4.55. The predicted octanol–water partition coefficient (Wildman–Crippen LogP) is 4.74. The maximum atomic E-state index is 12.3. The van der Waals surface area contributed by atoms with Gasteiger partial charge < -0.3 is 10.1 Å². The molecule has 1 aliphatic rings. The van der Waals surface area contributed by atoms with Crippen molar-refractivity contribution in [2.24, 2.45) is 0 Å². The van der Waals surface area contributed by atoms with Crippen LogP contribution in [0.5, 0.6) is 0 Å². The summed E-state index contributed by atoms with van der Waals surface area (Å²) in [6, 6.07) is 2.06. The molecule has 1 fully saturated rings. The van der Waals surface area contributed by atoms with Gasteiger partial charge in [0.15, 0.2) is 0 Å². The molecule has 0 radical (unpaired) electrons. The van der Waals surface area contributed by atoms with Crippen LogP contribution in [0.25, 0.3) is 0 Å². The first-order valence-electron chi connectivity index (χ1n) is 6.89. The second kappa shape index (κ2) is 6.90. The molecule has 2 rings (SSSR count). The minimum absolute atomic E-state index is 0.00871. The van der Waals surface area contributed by atoms with E-state index in [2.05, 4.69) is 51.0 Å². The Morgan fingerprint density at radius 3 is 2.75 bits per heavy atom. The lowest BCUT2D eigenvalue weighted by Crippen LogP contribution is -2.48. The molecule has 0 aliphatic carbocycles. The van der Waals surface area contributed by atoms with Crippen molar-refractivity contribution in [1.29, 1.82) is 0 Å². The summed E-state index contributed by atoms with van der Waals surface area (Å²) in [6.07, 6.45) is 3.78. The second-order valence-electron chi connectivity index (χ2n) is 5.13. The first kappa shape index (κ1) is 16.5. The summed E-state index contributed by atoms with van der Waals surface area (Å²) in [7, 11) is 0. The van der Waals surface area contributed by atoms with Gasteiger partial charge >= 0.3 is 0 Å². The standard InChI is InChI=1S/C14H19Br2NO2S/c1-3-14(4-2)8-9(5-6-19-14)17-13(18)11-7-10(15)12(16)20-11/h7,9H,3-6,8H2,1-2H3,(H,17,18). The highest BCUT2D eigenvalue weighted by Crippen LogP contribution is 2.34. The van der Waals surface area contributed by atoms with Crippen LogP contribution in [-0.4, -0.2) is 24.2 Å². The van der Waals surface area contributed by atoms with E-state index in [-0.39, 0.29) is 17.6 Å². The smallest absolute Gasteiger partial charge is 0.261 e. The van der Waals surface area contributed by atoms with E-state index in [0.29, 0.717) is 0 Å². The fourth-order valence-electron chi connectivity index (χ4n) is 2.61. The summed E-state index contributed by atoms with van der Waals surface area (Å²) in [6.45, 7) is 5.03. The van der Waals surface area contributed by atoms with Crippen molar-refractivity contribution >= 4 is 49.1 Å². The summed E-state index contributed by atoms with van der Waals surface area (Å²) in [5.41, 5.74) is -0.0627. The van der Waals surface area contributed by atoms with E-state index < -0.39 is 0 Å². The topological polar surface area (TPSA) is 38.3 Å². The quantitative estimate of drug-likeness (QED) is 0.757. The molecule has 20 heavy (non-hydrogen) atoms. The molecule has 0 aromatic carbocycles. The third-order valence-corrected chi connectivity index (χ3v) is 7.24. The molecule has 112 valence electrons. The Bertz CT molecular complexity index is 466. The van der Waals surface area contributed by atoms with E-state index in [9.17, 15) is 4.79 Å². The molecule has 2 heterocycles. The van der Waals surface area contributed by atoms with Crippen molar-refractivity contribution in [3.8, 4) is 0 Å². The summed E-state index contributed by atoms with van der Waals surface area (Å²) in [5.74, 6) is 0.00871. The predicted molar refractivity (Wildman–Crippen MR) is 89.5 cm³/mol. The number of nitrogens with one attached hydrogen (secondary N) is 1. The first-order chi connectivity index (χ1) is 9.49. The number of halogens is 2. The Morgan fingerprint density at radius 2 is 2.20 bits per heavy atom. The maximum absolute atomic E-state index is 12.3. The molecule has 1 aromatic heterocycles. The molecule has 1 N–H and O–H groups in total. The van der Waals surface area contributed by atoms with Crippen LogP contribution in [0, 0.1) is 0 Å². The maximum Gasteiger partial charge on any atom is 0.261 e. The van der Waals surface area contributed by atoms with Crippen molar-refractivity contribution in [3.63, 3.8) is 0 Å². The lowest BCUT2D eigenvalue weighted by atomic mass is 9.86. The van der Waals surface area contributed by atoms with Gasteiger partial charge in [-0.25, -0.2) is 0 Å². The van der Waals surface area contributed by atoms with Gasteiger partial charge in [-0.3, -0.25) is 4.79 Å². The SMILES string of the molecule is CCC1(CC)CC(NC(=O)c2cc(Br)c(Br)s2)CCO1. The highest BCUT2D eigenvalue weighted by molar-refractivity contribution is 9.13. The Morgan fingerprint density at radius 1 is 1.50 bits per heavy atom. The van der Waals surface area contributed by atoms with Crippen LogP contribution in [0.1, 0.15) is 49.2 Å². The van der Waals surface area contributed by atoms with E-state index in [0.717, 1.165) is 45.4 Å². The number of hydrogen-bond donors (Lipinski definition) is 1. The first-order valence-corrected chi connectivity index (χ1v) is 9.29. The fraction of sp³-hybridized carbons (Fsp3) is 0.643. The number of amides is 1. The van der Waals surface area contributed by atoms with Gasteiger partial charge in [0.2, 0.25) is 0 Å². The molecule has 1 atom stereocenters. The molecule has 3 nitrogen and oxygen atoms in total. The zero-order valence-electron chi connectivity index (χ0n) is 11.7. The highest BCUT2D eigenvalue weighted by Gasteiger charge is 2.35. The van der Waals surface area contributed by atoms with Crippen LogP contribution in [-0.2, 0) is 4.74 Å². The molecule has 0 bridgehead atoms. The Balaban J connectivity index is 2.00. The summed E-state index contributed by atoms with van der Waals surface area (Å²) < 4.78 is 7.82. The zero-order valence-corrected chi connectivity index (χ0v) is 15.7. The second-order valence-corrected chi connectivity index (χ2v) is 8.36. The molecule has 0 saturated carbocycles. The largest absolute Gasteiger partial charge is 0.375 e. The molecule has 1 amide bonds. The van der Waals surface area contributed by atoms with Gasteiger partial charge in [0.25, 0.3) is 5.91 Å². The third kappa shape index (κ3) is 3.64. The van der Waals surface area contributed by atoms with Crippen LogP contribution in [0.4, 0.5) is 0 Å². The van der Waals surface area contributed by atoms with E-state index in [1.807, 2.05) is 6.07 Å². The van der Waals surface area contributed by atoms with Crippen molar-refractivity contribution < 1.29 is 9.53 Å². The highest BCUT2D eigenvalue weighted by atomic mass is 79.9. The van der Waals surface area contributed by atoms with Crippen molar-refractivity contribution in [2.75, 3.05) is 6.61 Å². The molecule has 1 unspecified atom stereocenters. The Hall–Kier alpha value is 0.0900. The van der Waals surface area contributed by atoms with Gasteiger partial charge in [-0.15, -0.1) is 11.3 Å². The minimum atomic E-state index is -0.0627. The van der Waals surface area contributed by atoms with E-state index in [1.54, 1.807) is 0 Å². The molecule has 1 aliphatic heterocycles. The van der Waals surface area contributed by atoms with Crippen molar-refractivity contribution in [3.05, 3.63) is 19.2 Å². The number of rotatable bonds is 4. The Labute approximate surface area is 140 Å². The van der Waals surface area contributed by atoms with E-state index in [1.165, 1.54) is 11.3 Å². The van der Waals surface area contributed by atoms with Gasteiger partial charge in [0.1, 0.15) is 0 Å². The average molecular weight is 425 g/mol. The molecule has 0 spiro atoms. The van der Waals surface area contributed by atoms with Crippen LogP contribution in [0.2, 0.25) is 0 Å². The number of hydrogen-bond acceptors (Lipinski definition) is 3. The monoisotopic (exact) mass is 423 g/mol. The zero-order chi connectivity index (χ0) is 14.8. The summed E-state index contributed by atoms with van der Waals surface area (Å²) >= 11 is 8.28. The van der Waals surface area contributed by atoms with Gasteiger partial charge in [0, 0.05) is 17.1 Å². The van der Waals surface area contributed by atoms with Crippen LogP contribution in [0.3, 0.4) is 0 Å². The summed E-state index contributed by atoms with van der Waals surface area (Å²) in [4.78, 5) is 13.0. The molecular formula is C14H19Br2NO2S. The van der Waals surface area contributed by atoms with Crippen LogP contribution in [0.15, 0.2) is 14.3 Å². The summed E-state index contributed by atoms with van der Waals surface area (Å²) in [5, 5.41) is 3.15. The van der Waals surface area contributed by atoms with Gasteiger partial charge in [-0.1, -0.05) is 13.8 Å². The van der Waals surface area contributed by atoms with Gasteiger partial charge in [0.05, 0.1) is 14.3 Å². The van der Waals surface area contributed by atoms with Crippen LogP contribution >= 0.6 is 43.2 Å². The number of ether oxygens (including phenoxy) is 1. The normalized spacial score (nSPS) is 21.7. The molecule has 1 saturated heterocycles. The Kier molecular flexibility index (Phi) is 5.68. The number of carbonyl (C=O) groups is 1. The van der Waals surface area contributed by atoms with Crippen molar-refractivity contribution in [1.82, 2.24) is 5.32 Å².